The number of anilines is 2. The van der Waals surface area contributed by atoms with Gasteiger partial charge in [0.15, 0.2) is 5.82 Å². The number of ether oxygens (including phenoxy) is 1. The lowest BCUT2D eigenvalue weighted by molar-refractivity contribution is 0.0145. The standard InChI is InChI=1S/C18H16F2N4O3S.C2H6/c1-3-26-6-7-27-23-18(25)11-9-14-17(22-24-28-14)15(20)16(11)21-13-5-4-10(2)8-12(13)19;1-2/h3-5,8-9,21H,1,6-7H2,2H3,(H,23,25);1-2H3. The van der Waals surface area contributed by atoms with Crippen molar-refractivity contribution < 1.29 is 23.1 Å². The zero-order valence-electron chi connectivity index (χ0n) is 16.8. The molecule has 0 fully saturated rings. The molecule has 30 heavy (non-hydrogen) atoms. The quantitative estimate of drug-likeness (QED) is 0.298. The van der Waals surface area contributed by atoms with Crippen molar-refractivity contribution in [1.82, 2.24) is 15.1 Å². The van der Waals surface area contributed by atoms with Crippen LogP contribution in [0.2, 0.25) is 0 Å². The van der Waals surface area contributed by atoms with Gasteiger partial charge in [0.25, 0.3) is 5.91 Å². The van der Waals surface area contributed by atoms with Crippen molar-refractivity contribution in [3.63, 3.8) is 0 Å². The highest BCUT2D eigenvalue weighted by Gasteiger charge is 2.22. The molecule has 0 bridgehead atoms. The first-order valence-corrected chi connectivity index (χ1v) is 9.91. The number of rotatable bonds is 8. The molecule has 2 N–H and O–H groups in total. The highest BCUT2D eigenvalue weighted by atomic mass is 32.1. The Bertz CT molecular complexity index is 1030. The van der Waals surface area contributed by atoms with Gasteiger partial charge in [-0.25, -0.2) is 14.3 Å². The van der Waals surface area contributed by atoms with Crippen LogP contribution in [-0.2, 0) is 9.57 Å². The molecule has 2 aromatic carbocycles. The van der Waals surface area contributed by atoms with E-state index in [2.05, 4.69) is 27.0 Å². The monoisotopic (exact) mass is 436 g/mol. The van der Waals surface area contributed by atoms with Crippen LogP contribution in [0.4, 0.5) is 20.2 Å². The summed E-state index contributed by atoms with van der Waals surface area (Å²) in [6, 6.07) is 5.83. The number of benzene rings is 2. The van der Waals surface area contributed by atoms with Crippen LogP contribution in [0.5, 0.6) is 0 Å². The molecule has 10 heteroatoms. The molecule has 0 atom stereocenters. The molecule has 0 spiro atoms. The Balaban J connectivity index is 0.00000155. The number of carbonyl (C=O) groups is 1. The first-order valence-electron chi connectivity index (χ1n) is 9.13. The molecule has 0 saturated heterocycles. The predicted octanol–water partition coefficient (Wildman–Crippen LogP) is 4.87. The largest absolute Gasteiger partial charge is 0.499 e. The number of carbonyl (C=O) groups excluding carboxylic acids is 1. The van der Waals surface area contributed by atoms with E-state index in [1.165, 1.54) is 24.5 Å². The third-order valence-electron chi connectivity index (χ3n) is 3.70. The molecule has 1 heterocycles. The van der Waals surface area contributed by atoms with Crippen molar-refractivity contribution in [1.29, 1.82) is 0 Å². The Morgan fingerprint density at radius 2 is 2.03 bits per heavy atom. The Morgan fingerprint density at radius 3 is 2.73 bits per heavy atom. The molecule has 0 aliphatic rings. The first-order chi connectivity index (χ1) is 14.5. The van der Waals surface area contributed by atoms with E-state index in [0.29, 0.717) is 10.3 Å². The lowest BCUT2D eigenvalue weighted by atomic mass is 10.1. The van der Waals surface area contributed by atoms with Crippen LogP contribution in [0, 0.1) is 18.6 Å². The van der Waals surface area contributed by atoms with Crippen molar-refractivity contribution in [3.05, 3.63) is 59.9 Å². The van der Waals surface area contributed by atoms with Gasteiger partial charge in [0.05, 0.1) is 27.9 Å². The number of fused-ring (bicyclic) bond motifs is 1. The molecular formula is C20H22F2N4O3S. The first kappa shape index (κ1) is 23.2. The van der Waals surface area contributed by atoms with Gasteiger partial charge < -0.3 is 10.1 Å². The number of nitrogens with one attached hydrogen (secondary N) is 2. The Hall–Kier alpha value is -3.11. The number of halogens is 2. The van der Waals surface area contributed by atoms with Crippen LogP contribution < -0.4 is 10.8 Å². The molecule has 7 nitrogen and oxygen atoms in total. The molecule has 3 rings (SSSR count). The Kier molecular flexibility index (Phi) is 8.63. The maximum Gasteiger partial charge on any atom is 0.277 e. The van der Waals surface area contributed by atoms with E-state index >= 15 is 0 Å². The fraction of sp³-hybridized carbons (Fsp3) is 0.250. The number of aryl methyl sites for hydroxylation is 1. The second-order valence-electron chi connectivity index (χ2n) is 5.66. The minimum absolute atomic E-state index is 0.0152. The zero-order valence-corrected chi connectivity index (χ0v) is 17.6. The summed E-state index contributed by atoms with van der Waals surface area (Å²) in [5.41, 5.74) is 2.59. The van der Waals surface area contributed by atoms with Crippen molar-refractivity contribution in [2.24, 2.45) is 0 Å². The predicted molar refractivity (Wildman–Crippen MR) is 113 cm³/mol. The molecule has 0 aliphatic carbocycles. The average molecular weight is 436 g/mol. The van der Waals surface area contributed by atoms with E-state index in [1.807, 2.05) is 13.8 Å². The van der Waals surface area contributed by atoms with Crippen molar-refractivity contribution >= 4 is 39.0 Å². The van der Waals surface area contributed by atoms with Crippen LogP contribution in [0.25, 0.3) is 10.2 Å². The molecule has 3 aromatic rings. The molecule has 0 aliphatic heterocycles. The van der Waals surface area contributed by atoms with E-state index in [1.54, 1.807) is 13.0 Å². The van der Waals surface area contributed by atoms with Crippen molar-refractivity contribution in [2.45, 2.75) is 20.8 Å². The highest BCUT2D eigenvalue weighted by Crippen LogP contribution is 2.32. The van der Waals surface area contributed by atoms with Gasteiger partial charge in [-0.1, -0.05) is 31.0 Å². The number of hydrogen-bond acceptors (Lipinski definition) is 7. The summed E-state index contributed by atoms with van der Waals surface area (Å²) < 4.78 is 38.1. The summed E-state index contributed by atoms with van der Waals surface area (Å²) >= 11 is 0.933. The van der Waals surface area contributed by atoms with Gasteiger partial charge in [-0.05, 0) is 42.2 Å². The second-order valence-corrected chi connectivity index (χ2v) is 6.44. The van der Waals surface area contributed by atoms with Gasteiger partial charge >= 0.3 is 0 Å². The normalized spacial score (nSPS) is 10.2. The van der Waals surface area contributed by atoms with Crippen LogP contribution in [0.3, 0.4) is 0 Å². The molecule has 160 valence electrons. The number of amides is 1. The van der Waals surface area contributed by atoms with Gasteiger partial charge in [-0.2, -0.15) is 0 Å². The van der Waals surface area contributed by atoms with Crippen LogP contribution >= 0.6 is 11.5 Å². The van der Waals surface area contributed by atoms with Crippen molar-refractivity contribution in [3.8, 4) is 0 Å². The van der Waals surface area contributed by atoms with Gasteiger partial charge in [-0.15, -0.1) is 5.10 Å². The SMILES string of the molecule is C=COCCONC(=O)c1cc2snnc2c(F)c1Nc1ccc(C)cc1F.CC. The van der Waals surface area contributed by atoms with E-state index < -0.39 is 17.5 Å². The fourth-order valence-corrected chi connectivity index (χ4v) is 2.98. The molecule has 0 saturated carbocycles. The number of nitrogens with zero attached hydrogens (tertiary/aromatic N) is 2. The molecule has 0 radical (unpaired) electrons. The van der Waals surface area contributed by atoms with Gasteiger partial charge in [0.1, 0.15) is 24.5 Å². The third-order valence-corrected chi connectivity index (χ3v) is 4.37. The van der Waals surface area contributed by atoms with E-state index in [0.717, 1.165) is 11.5 Å². The lowest BCUT2D eigenvalue weighted by Crippen LogP contribution is -2.26. The van der Waals surface area contributed by atoms with Gasteiger partial charge in [0.2, 0.25) is 0 Å². The minimum atomic E-state index is -0.814. The number of hydroxylamine groups is 1. The molecular weight excluding hydrogens is 414 g/mol. The molecule has 0 unspecified atom stereocenters. The number of hydrogen-bond donors (Lipinski definition) is 2. The average Bonchev–Trinajstić information content (AvgIpc) is 3.22. The lowest BCUT2D eigenvalue weighted by Gasteiger charge is -2.14. The highest BCUT2D eigenvalue weighted by molar-refractivity contribution is 7.13. The smallest absolute Gasteiger partial charge is 0.277 e. The van der Waals surface area contributed by atoms with E-state index in [9.17, 15) is 13.6 Å². The van der Waals surface area contributed by atoms with E-state index in [-0.39, 0.29) is 35.7 Å². The van der Waals surface area contributed by atoms with Crippen LogP contribution in [0.15, 0.2) is 37.1 Å². The third kappa shape index (κ3) is 5.49. The van der Waals surface area contributed by atoms with Crippen molar-refractivity contribution in [2.75, 3.05) is 18.5 Å². The topological polar surface area (TPSA) is 85.4 Å². The zero-order chi connectivity index (χ0) is 22.1. The maximum absolute atomic E-state index is 15.0. The summed E-state index contributed by atoms with van der Waals surface area (Å²) in [4.78, 5) is 17.5. The number of aromatic nitrogens is 2. The molecule has 1 aromatic heterocycles. The maximum atomic E-state index is 15.0. The van der Waals surface area contributed by atoms with Gasteiger partial charge in [-0.3, -0.25) is 9.63 Å². The Labute approximate surface area is 176 Å². The minimum Gasteiger partial charge on any atom is -0.499 e. The fourth-order valence-electron chi connectivity index (χ4n) is 2.39. The summed E-state index contributed by atoms with van der Waals surface area (Å²) in [7, 11) is 0. The summed E-state index contributed by atoms with van der Waals surface area (Å²) in [6.07, 6.45) is 1.24. The van der Waals surface area contributed by atoms with Crippen LogP contribution in [-0.4, -0.2) is 28.7 Å². The van der Waals surface area contributed by atoms with Crippen LogP contribution in [0.1, 0.15) is 29.8 Å². The summed E-state index contributed by atoms with van der Waals surface area (Å²) in [5, 5.41) is 6.37. The second kappa shape index (κ2) is 11.2. The van der Waals surface area contributed by atoms with Gasteiger partial charge in [0, 0.05) is 0 Å². The van der Waals surface area contributed by atoms with E-state index in [4.69, 9.17) is 9.57 Å². The Morgan fingerprint density at radius 1 is 1.27 bits per heavy atom. The molecule has 1 amide bonds. The summed E-state index contributed by atoms with van der Waals surface area (Å²) in [6.45, 7) is 9.34. The summed E-state index contributed by atoms with van der Waals surface area (Å²) in [5.74, 6) is -2.12.